The third kappa shape index (κ3) is 5.86. The predicted molar refractivity (Wildman–Crippen MR) is 200 cm³/mol. The molecule has 0 spiro atoms. The van der Waals surface area contributed by atoms with Gasteiger partial charge in [0, 0.05) is 23.3 Å². The molecule has 1 heterocycles. The molecule has 47 heavy (non-hydrogen) atoms. The number of hydrogen-bond donors (Lipinski definition) is 0. The van der Waals surface area contributed by atoms with Crippen molar-refractivity contribution in [1.29, 1.82) is 0 Å². The quantitative estimate of drug-likeness (QED) is 0.164. The van der Waals surface area contributed by atoms with E-state index in [4.69, 9.17) is 0 Å². The van der Waals surface area contributed by atoms with Crippen LogP contribution in [0, 0.1) is 6.92 Å². The van der Waals surface area contributed by atoms with E-state index in [0.717, 1.165) is 0 Å². The van der Waals surface area contributed by atoms with Crippen LogP contribution in [0.1, 0.15) is 69.7 Å². The van der Waals surface area contributed by atoms with Crippen molar-refractivity contribution in [3.63, 3.8) is 0 Å². The number of aryl methyl sites for hydroxylation is 1. The van der Waals surface area contributed by atoms with Gasteiger partial charge in [-0.25, -0.2) is 0 Å². The Morgan fingerprint density at radius 2 is 1.04 bits per heavy atom. The van der Waals surface area contributed by atoms with Crippen LogP contribution in [0.4, 0.5) is 11.4 Å². The summed E-state index contributed by atoms with van der Waals surface area (Å²) in [6.45, 7) is 2.14. The molecule has 1 nitrogen and oxygen atoms in total. The van der Waals surface area contributed by atoms with Crippen molar-refractivity contribution >= 4 is 34.7 Å². The summed E-state index contributed by atoms with van der Waals surface area (Å²) in [5, 5.41) is 0. The summed E-state index contributed by atoms with van der Waals surface area (Å²) in [6.07, 6.45) is 8.47. The maximum atomic E-state index is 2.63. The lowest BCUT2D eigenvalue weighted by molar-refractivity contribution is 0.642. The number of nitrogens with zero attached hydrogens (tertiary/aromatic N) is 1. The zero-order valence-corrected chi connectivity index (χ0v) is 26.9. The zero-order chi connectivity index (χ0) is 31.6. The number of benzene rings is 6. The van der Waals surface area contributed by atoms with Crippen molar-refractivity contribution < 1.29 is 0 Å². The minimum Gasteiger partial charge on any atom is -0.338 e. The maximum Gasteiger partial charge on any atom is 0.0450 e. The SMILES string of the molecule is Cc1ccc(/C(=C/c2ccc(N3c4ccc(C=C(c5ccccc5)c5ccccc5)cc4C4CCCC43)cc2)c2ccccc2)cc1. The third-order valence-electron chi connectivity index (χ3n) is 9.93. The highest BCUT2D eigenvalue weighted by atomic mass is 15.2. The van der Waals surface area contributed by atoms with Crippen molar-refractivity contribution in [3.8, 4) is 0 Å². The normalized spacial score (nSPS) is 16.9. The smallest absolute Gasteiger partial charge is 0.0450 e. The van der Waals surface area contributed by atoms with Crippen LogP contribution >= 0.6 is 0 Å². The molecular formula is C46H39N. The minimum atomic E-state index is 0.515. The van der Waals surface area contributed by atoms with Crippen LogP contribution in [0.5, 0.6) is 0 Å². The van der Waals surface area contributed by atoms with Gasteiger partial charge in [0.25, 0.3) is 0 Å². The zero-order valence-electron chi connectivity index (χ0n) is 26.9. The Balaban J connectivity index is 1.14. The Hall–Kier alpha value is -5.40. The van der Waals surface area contributed by atoms with Crippen molar-refractivity contribution in [2.75, 3.05) is 4.90 Å². The van der Waals surface area contributed by atoms with E-state index in [1.54, 1.807) is 0 Å². The van der Waals surface area contributed by atoms with E-state index < -0.39 is 0 Å². The van der Waals surface area contributed by atoms with E-state index in [9.17, 15) is 0 Å². The topological polar surface area (TPSA) is 3.24 Å². The van der Waals surface area contributed by atoms with Crippen LogP contribution in [0.15, 0.2) is 158 Å². The Morgan fingerprint density at radius 3 is 1.62 bits per heavy atom. The van der Waals surface area contributed by atoms with Crippen LogP contribution in [-0.2, 0) is 0 Å². The molecule has 8 rings (SSSR count). The summed E-state index contributed by atoms with van der Waals surface area (Å²) in [6, 6.07) is 58.0. The first-order valence-electron chi connectivity index (χ1n) is 16.9. The van der Waals surface area contributed by atoms with Gasteiger partial charge in [-0.15, -0.1) is 0 Å². The minimum absolute atomic E-state index is 0.515. The van der Waals surface area contributed by atoms with Crippen LogP contribution in [0.3, 0.4) is 0 Å². The molecule has 0 N–H and O–H groups in total. The van der Waals surface area contributed by atoms with Crippen molar-refractivity contribution in [3.05, 3.63) is 202 Å². The summed E-state index contributed by atoms with van der Waals surface area (Å²) in [5.74, 6) is 0.570. The molecule has 0 amide bonds. The highest BCUT2D eigenvalue weighted by molar-refractivity contribution is 5.93. The second-order valence-corrected chi connectivity index (χ2v) is 13.0. The molecule has 1 fully saturated rings. The average molecular weight is 606 g/mol. The first-order valence-corrected chi connectivity index (χ1v) is 16.9. The molecule has 1 aliphatic carbocycles. The van der Waals surface area contributed by atoms with E-state index in [1.165, 1.54) is 86.3 Å². The fourth-order valence-electron chi connectivity index (χ4n) is 7.62. The molecule has 6 aromatic carbocycles. The second-order valence-electron chi connectivity index (χ2n) is 13.0. The Kier molecular flexibility index (Phi) is 7.89. The number of hydrogen-bond acceptors (Lipinski definition) is 1. The van der Waals surface area contributed by atoms with Gasteiger partial charge in [-0.2, -0.15) is 0 Å². The Labute approximate surface area is 279 Å². The van der Waals surface area contributed by atoms with Crippen molar-refractivity contribution in [1.82, 2.24) is 0 Å². The molecule has 2 aliphatic rings. The van der Waals surface area contributed by atoms with Gasteiger partial charge in [0.15, 0.2) is 0 Å². The molecule has 0 bridgehead atoms. The summed E-state index contributed by atoms with van der Waals surface area (Å²) in [4.78, 5) is 2.63. The molecule has 228 valence electrons. The van der Waals surface area contributed by atoms with Gasteiger partial charge < -0.3 is 4.90 Å². The van der Waals surface area contributed by atoms with Crippen LogP contribution in [0.2, 0.25) is 0 Å². The van der Waals surface area contributed by atoms with Gasteiger partial charge in [-0.05, 0) is 106 Å². The van der Waals surface area contributed by atoms with E-state index >= 15 is 0 Å². The van der Waals surface area contributed by atoms with Crippen LogP contribution in [0.25, 0.3) is 23.3 Å². The molecule has 0 saturated heterocycles. The van der Waals surface area contributed by atoms with E-state index in [0.29, 0.717) is 12.0 Å². The van der Waals surface area contributed by atoms with E-state index in [1.807, 2.05) is 0 Å². The van der Waals surface area contributed by atoms with Crippen LogP contribution < -0.4 is 4.90 Å². The molecule has 1 heteroatoms. The van der Waals surface area contributed by atoms with Crippen LogP contribution in [-0.4, -0.2) is 6.04 Å². The highest BCUT2D eigenvalue weighted by Gasteiger charge is 2.42. The molecule has 0 radical (unpaired) electrons. The highest BCUT2D eigenvalue weighted by Crippen LogP contribution is 2.52. The molecule has 2 unspecified atom stereocenters. The van der Waals surface area contributed by atoms with Crippen molar-refractivity contribution in [2.45, 2.75) is 38.1 Å². The number of rotatable bonds is 7. The average Bonchev–Trinajstić information content (AvgIpc) is 3.73. The van der Waals surface area contributed by atoms with Gasteiger partial charge in [0.2, 0.25) is 0 Å². The van der Waals surface area contributed by atoms with Gasteiger partial charge in [-0.1, -0.05) is 145 Å². The summed E-state index contributed by atoms with van der Waals surface area (Å²) in [7, 11) is 0. The first-order chi connectivity index (χ1) is 23.2. The fraction of sp³-hybridized carbons (Fsp3) is 0.130. The second kappa shape index (κ2) is 12.8. The van der Waals surface area contributed by atoms with E-state index in [2.05, 4.69) is 182 Å². The molecule has 2 atom stereocenters. The summed E-state index contributed by atoms with van der Waals surface area (Å²) in [5.41, 5.74) is 15.4. The molecule has 1 aliphatic heterocycles. The van der Waals surface area contributed by atoms with Gasteiger partial charge in [0.05, 0.1) is 0 Å². The molecule has 0 aromatic heterocycles. The van der Waals surface area contributed by atoms with Gasteiger partial charge in [0.1, 0.15) is 0 Å². The van der Waals surface area contributed by atoms with Gasteiger partial charge in [-0.3, -0.25) is 0 Å². The monoisotopic (exact) mass is 605 g/mol. The first kappa shape index (κ1) is 29.0. The van der Waals surface area contributed by atoms with Gasteiger partial charge >= 0.3 is 0 Å². The lowest BCUT2D eigenvalue weighted by Gasteiger charge is -2.27. The standard InChI is InChI=1S/C46H39N/c1-33-20-25-39(26-21-33)42(36-12-5-2-6-13-36)30-34-22-27-40(28-23-34)47-45-19-11-18-41(45)44-32-35(24-29-46(44)47)31-43(37-14-7-3-8-15-37)38-16-9-4-10-17-38/h2-10,12-17,20-32,41,45H,11,18-19H2,1H3/b42-30+. The molecule has 6 aromatic rings. The fourth-order valence-corrected chi connectivity index (χ4v) is 7.62. The number of anilines is 2. The lowest BCUT2D eigenvalue weighted by atomic mass is 9.93. The summed E-state index contributed by atoms with van der Waals surface area (Å²) < 4.78 is 0. The van der Waals surface area contributed by atoms with Crippen molar-refractivity contribution in [2.24, 2.45) is 0 Å². The largest absolute Gasteiger partial charge is 0.338 e. The summed E-state index contributed by atoms with van der Waals surface area (Å²) >= 11 is 0. The maximum absolute atomic E-state index is 2.63. The predicted octanol–water partition coefficient (Wildman–Crippen LogP) is 12.0. The Bertz CT molecular complexity index is 2000. The lowest BCUT2D eigenvalue weighted by Crippen LogP contribution is -2.26. The number of fused-ring (bicyclic) bond motifs is 3. The molecular weight excluding hydrogens is 567 g/mol. The third-order valence-corrected chi connectivity index (χ3v) is 9.93. The molecule has 1 saturated carbocycles. The van der Waals surface area contributed by atoms with E-state index in [-0.39, 0.29) is 0 Å². The Morgan fingerprint density at radius 1 is 0.532 bits per heavy atom.